The van der Waals surface area contributed by atoms with Gasteiger partial charge >= 0.3 is 12.3 Å². The Labute approximate surface area is 180 Å². The van der Waals surface area contributed by atoms with E-state index in [0.717, 1.165) is 31.7 Å². The second kappa shape index (κ2) is 10.1. The third kappa shape index (κ3) is 7.25. The van der Waals surface area contributed by atoms with Crippen LogP contribution >= 0.6 is 0 Å². The number of rotatable bonds is 7. The Bertz CT molecular complexity index is 742. The molecule has 0 aliphatic carbocycles. The van der Waals surface area contributed by atoms with E-state index in [1.54, 1.807) is 6.92 Å². The van der Waals surface area contributed by atoms with E-state index in [2.05, 4.69) is 15.1 Å². The standard InChI is InChI=1S/C20H30F3N5O3/c1-14(28(18(29)30)19(2,3)4)11-26-31-10-7-15-5-8-27(9-6-15)17-24-12-16(13-25-17)20(21,22)23/h11-15H,5-10H2,1-4H3,(H,29,30)/b26-11+/t14-/m0/s1. The monoisotopic (exact) mass is 445 g/mol. The van der Waals surface area contributed by atoms with Gasteiger partial charge in [0, 0.05) is 31.0 Å². The van der Waals surface area contributed by atoms with Gasteiger partial charge in [-0.2, -0.15) is 13.2 Å². The molecule has 2 heterocycles. The molecule has 1 saturated heterocycles. The van der Waals surface area contributed by atoms with Gasteiger partial charge in [-0.1, -0.05) is 5.16 Å². The molecular formula is C20H30F3N5O3. The number of amides is 1. The van der Waals surface area contributed by atoms with Gasteiger partial charge in [0.25, 0.3) is 0 Å². The van der Waals surface area contributed by atoms with Gasteiger partial charge in [0.2, 0.25) is 5.95 Å². The molecule has 1 amide bonds. The summed E-state index contributed by atoms with van der Waals surface area (Å²) >= 11 is 0. The first-order chi connectivity index (χ1) is 14.4. The van der Waals surface area contributed by atoms with Gasteiger partial charge in [-0.05, 0) is 52.9 Å². The Balaban J connectivity index is 1.73. The quantitative estimate of drug-likeness (QED) is 0.383. The van der Waals surface area contributed by atoms with Gasteiger partial charge in [-0.3, -0.25) is 4.90 Å². The van der Waals surface area contributed by atoms with Crippen LogP contribution in [0.1, 0.15) is 52.5 Å². The van der Waals surface area contributed by atoms with Crippen molar-refractivity contribution >= 4 is 18.3 Å². The fraction of sp³-hybridized carbons (Fsp3) is 0.700. The van der Waals surface area contributed by atoms with Crippen LogP contribution in [-0.4, -0.2) is 63.6 Å². The molecule has 1 aromatic heterocycles. The van der Waals surface area contributed by atoms with Gasteiger partial charge in [0.15, 0.2) is 0 Å². The summed E-state index contributed by atoms with van der Waals surface area (Å²) in [4.78, 5) is 27.6. The second-order valence-electron chi connectivity index (χ2n) is 8.64. The Kier molecular flexibility index (Phi) is 8.08. The first kappa shape index (κ1) is 24.7. The highest BCUT2D eigenvalue weighted by molar-refractivity contribution is 5.74. The van der Waals surface area contributed by atoms with Crippen LogP contribution in [0.5, 0.6) is 0 Å². The lowest BCUT2D eigenvalue weighted by molar-refractivity contribution is -0.138. The van der Waals surface area contributed by atoms with Crippen LogP contribution in [0.2, 0.25) is 0 Å². The molecule has 31 heavy (non-hydrogen) atoms. The lowest BCUT2D eigenvalue weighted by atomic mass is 9.94. The largest absolute Gasteiger partial charge is 0.465 e. The highest BCUT2D eigenvalue weighted by atomic mass is 19.4. The third-order valence-corrected chi connectivity index (χ3v) is 5.17. The Morgan fingerprint density at radius 1 is 1.32 bits per heavy atom. The summed E-state index contributed by atoms with van der Waals surface area (Å²) in [5, 5.41) is 13.3. The van der Waals surface area contributed by atoms with Crippen LogP contribution in [0.15, 0.2) is 17.5 Å². The van der Waals surface area contributed by atoms with Crippen molar-refractivity contribution in [1.82, 2.24) is 14.9 Å². The summed E-state index contributed by atoms with van der Waals surface area (Å²) in [6.45, 7) is 8.92. The molecule has 1 atom stereocenters. The number of nitrogens with zero attached hydrogens (tertiary/aromatic N) is 5. The summed E-state index contributed by atoms with van der Waals surface area (Å²) in [5.41, 5.74) is -1.41. The number of carbonyl (C=O) groups is 1. The van der Waals surface area contributed by atoms with Crippen molar-refractivity contribution in [2.75, 3.05) is 24.6 Å². The van der Waals surface area contributed by atoms with E-state index in [9.17, 15) is 23.1 Å². The summed E-state index contributed by atoms with van der Waals surface area (Å²) in [6, 6.07) is -0.426. The minimum atomic E-state index is -4.44. The summed E-state index contributed by atoms with van der Waals surface area (Å²) in [6.07, 6.45) is 0.132. The number of oxime groups is 1. The molecule has 1 fully saturated rings. The molecule has 0 saturated carbocycles. The Hall–Kier alpha value is -2.59. The number of anilines is 1. The summed E-state index contributed by atoms with van der Waals surface area (Å²) in [5.74, 6) is 0.714. The lowest BCUT2D eigenvalue weighted by Crippen LogP contribution is -2.50. The topological polar surface area (TPSA) is 91.2 Å². The molecule has 0 unspecified atom stereocenters. The van der Waals surface area contributed by atoms with Gasteiger partial charge in [0.05, 0.1) is 17.8 Å². The van der Waals surface area contributed by atoms with Crippen LogP contribution in [0.3, 0.4) is 0 Å². The number of aromatic nitrogens is 2. The van der Waals surface area contributed by atoms with Crippen molar-refractivity contribution in [3.05, 3.63) is 18.0 Å². The van der Waals surface area contributed by atoms with E-state index < -0.39 is 29.4 Å². The van der Waals surface area contributed by atoms with E-state index in [1.165, 1.54) is 11.1 Å². The molecule has 0 radical (unpaired) electrons. The minimum Gasteiger partial charge on any atom is -0.465 e. The van der Waals surface area contributed by atoms with Crippen molar-refractivity contribution in [2.45, 2.75) is 64.7 Å². The van der Waals surface area contributed by atoms with Crippen LogP contribution < -0.4 is 4.90 Å². The first-order valence-corrected chi connectivity index (χ1v) is 10.2. The van der Waals surface area contributed by atoms with Crippen LogP contribution in [0, 0.1) is 5.92 Å². The molecule has 1 N–H and O–H groups in total. The number of alkyl halides is 3. The normalized spacial score (nSPS) is 17.1. The molecular weight excluding hydrogens is 415 g/mol. The van der Waals surface area contributed by atoms with Crippen molar-refractivity contribution in [3.8, 4) is 0 Å². The zero-order chi connectivity index (χ0) is 23.2. The predicted octanol–water partition coefficient (Wildman–Crippen LogP) is 4.27. The minimum absolute atomic E-state index is 0.308. The predicted molar refractivity (Wildman–Crippen MR) is 110 cm³/mol. The van der Waals surface area contributed by atoms with Gasteiger partial charge < -0.3 is 14.8 Å². The van der Waals surface area contributed by atoms with Crippen LogP contribution in [-0.2, 0) is 11.0 Å². The highest BCUT2D eigenvalue weighted by Crippen LogP contribution is 2.29. The molecule has 174 valence electrons. The maximum Gasteiger partial charge on any atom is 0.419 e. The molecule has 8 nitrogen and oxygen atoms in total. The molecule has 11 heteroatoms. The molecule has 0 bridgehead atoms. The SMILES string of the molecule is C[C@@H](/C=N/OCCC1CCN(c2ncc(C(F)(F)F)cn2)CC1)N(C(=O)O)C(C)(C)C. The number of halogens is 3. The van der Waals surface area contributed by atoms with Crippen molar-refractivity contribution in [2.24, 2.45) is 11.1 Å². The van der Waals surface area contributed by atoms with Crippen molar-refractivity contribution < 1.29 is 27.9 Å². The Morgan fingerprint density at radius 3 is 2.39 bits per heavy atom. The zero-order valence-electron chi connectivity index (χ0n) is 18.3. The zero-order valence-corrected chi connectivity index (χ0v) is 18.3. The molecule has 0 aromatic carbocycles. The average molecular weight is 445 g/mol. The van der Waals surface area contributed by atoms with Gasteiger partial charge in [0.1, 0.15) is 6.61 Å². The van der Waals surface area contributed by atoms with Crippen molar-refractivity contribution in [3.63, 3.8) is 0 Å². The van der Waals surface area contributed by atoms with Crippen LogP contribution in [0.4, 0.5) is 23.9 Å². The highest BCUT2D eigenvalue weighted by Gasteiger charge is 2.32. The smallest absolute Gasteiger partial charge is 0.419 e. The molecule has 1 aliphatic heterocycles. The maximum absolute atomic E-state index is 12.6. The average Bonchev–Trinajstić information content (AvgIpc) is 2.66. The van der Waals surface area contributed by atoms with Gasteiger partial charge in [-0.25, -0.2) is 14.8 Å². The van der Waals surface area contributed by atoms with E-state index >= 15 is 0 Å². The third-order valence-electron chi connectivity index (χ3n) is 5.17. The Morgan fingerprint density at radius 2 is 1.90 bits per heavy atom. The molecule has 2 rings (SSSR count). The second-order valence-corrected chi connectivity index (χ2v) is 8.64. The lowest BCUT2D eigenvalue weighted by Gasteiger charge is -2.36. The van der Waals surface area contributed by atoms with Crippen molar-refractivity contribution in [1.29, 1.82) is 0 Å². The van der Waals surface area contributed by atoms with E-state index in [0.29, 0.717) is 31.6 Å². The van der Waals surface area contributed by atoms with E-state index in [-0.39, 0.29) is 0 Å². The van der Waals surface area contributed by atoms with E-state index in [4.69, 9.17) is 4.84 Å². The maximum atomic E-state index is 12.6. The number of piperidine rings is 1. The summed E-state index contributed by atoms with van der Waals surface area (Å²) < 4.78 is 37.8. The fourth-order valence-corrected chi connectivity index (χ4v) is 3.59. The number of carboxylic acid groups (broad SMARTS) is 1. The molecule has 0 spiro atoms. The molecule has 1 aromatic rings. The van der Waals surface area contributed by atoms with Crippen LogP contribution in [0.25, 0.3) is 0 Å². The summed E-state index contributed by atoms with van der Waals surface area (Å²) in [7, 11) is 0. The first-order valence-electron chi connectivity index (χ1n) is 10.2. The van der Waals surface area contributed by atoms with Gasteiger partial charge in [-0.15, -0.1) is 0 Å². The van der Waals surface area contributed by atoms with E-state index in [1.807, 2.05) is 25.7 Å². The number of hydrogen-bond donors (Lipinski definition) is 1. The molecule has 1 aliphatic rings. The fourth-order valence-electron chi connectivity index (χ4n) is 3.59. The number of hydrogen-bond acceptors (Lipinski definition) is 6.